The number of para-hydroxylation sites is 1. The third-order valence-electron chi connectivity index (χ3n) is 3.29. The van der Waals surface area contributed by atoms with Crippen LogP contribution in [0.4, 0.5) is 14.5 Å². The van der Waals surface area contributed by atoms with Crippen molar-refractivity contribution in [3.8, 4) is 5.75 Å². The van der Waals surface area contributed by atoms with Gasteiger partial charge in [0.25, 0.3) is 5.91 Å². The molecule has 3 aromatic rings. The molecular weight excluding hydrogens is 356 g/mol. The molecule has 0 saturated heterocycles. The molecule has 0 spiro atoms. The second kappa shape index (κ2) is 6.90. The van der Waals surface area contributed by atoms with E-state index in [4.69, 9.17) is 16.0 Å². The van der Waals surface area contributed by atoms with Gasteiger partial charge in [0.05, 0.1) is 5.02 Å². The minimum absolute atomic E-state index is 0.108. The zero-order chi connectivity index (χ0) is 18.0. The maximum absolute atomic E-state index is 12.3. The summed E-state index contributed by atoms with van der Waals surface area (Å²) in [6.07, 6.45) is 0. The summed E-state index contributed by atoms with van der Waals surface area (Å²) in [6.45, 7) is -3.01. The summed E-state index contributed by atoms with van der Waals surface area (Å²) in [5, 5.41) is 2.94. The van der Waals surface area contributed by atoms with E-state index in [1.54, 1.807) is 24.3 Å². The van der Waals surface area contributed by atoms with E-state index in [0.29, 0.717) is 11.0 Å². The third kappa shape index (κ3) is 3.77. The predicted octanol–water partition coefficient (Wildman–Crippen LogP) is 4.30. The van der Waals surface area contributed by atoms with E-state index >= 15 is 0 Å². The van der Waals surface area contributed by atoms with Crippen molar-refractivity contribution in [2.24, 2.45) is 0 Å². The number of carbonyl (C=O) groups is 1. The average molecular weight is 366 g/mol. The first kappa shape index (κ1) is 16.9. The van der Waals surface area contributed by atoms with Crippen LogP contribution in [0.5, 0.6) is 5.75 Å². The third-order valence-corrected chi connectivity index (χ3v) is 3.59. The number of carbonyl (C=O) groups excluding carboxylic acids is 1. The van der Waals surface area contributed by atoms with E-state index in [2.05, 4.69) is 10.1 Å². The molecule has 0 aliphatic rings. The summed E-state index contributed by atoms with van der Waals surface area (Å²) in [4.78, 5) is 24.2. The lowest BCUT2D eigenvalue weighted by molar-refractivity contribution is -0.0497. The Kier molecular flexibility index (Phi) is 4.67. The SMILES string of the molecule is O=C(Nc1ccc(OC(F)F)c(Cl)c1)c1cc2ccccc2oc1=O. The van der Waals surface area contributed by atoms with Gasteiger partial charge >= 0.3 is 12.2 Å². The molecule has 0 atom stereocenters. The van der Waals surface area contributed by atoms with Crippen LogP contribution in [0.3, 0.4) is 0 Å². The number of amides is 1. The molecule has 0 aliphatic heterocycles. The van der Waals surface area contributed by atoms with Crippen LogP contribution in [0.2, 0.25) is 5.02 Å². The van der Waals surface area contributed by atoms with Gasteiger partial charge in [0.15, 0.2) is 0 Å². The molecule has 3 rings (SSSR count). The lowest BCUT2D eigenvalue weighted by Crippen LogP contribution is -2.20. The van der Waals surface area contributed by atoms with E-state index in [-0.39, 0.29) is 22.0 Å². The van der Waals surface area contributed by atoms with Crippen LogP contribution in [-0.2, 0) is 0 Å². The lowest BCUT2D eigenvalue weighted by atomic mass is 10.1. The molecule has 128 valence electrons. The largest absolute Gasteiger partial charge is 0.433 e. The second-order valence-electron chi connectivity index (χ2n) is 4.96. The predicted molar refractivity (Wildman–Crippen MR) is 88.5 cm³/mol. The molecule has 25 heavy (non-hydrogen) atoms. The van der Waals surface area contributed by atoms with Crippen LogP contribution < -0.4 is 15.7 Å². The van der Waals surface area contributed by atoms with Gasteiger partial charge in [-0.3, -0.25) is 4.79 Å². The van der Waals surface area contributed by atoms with Crippen LogP contribution in [0.1, 0.15) is 10.4 Å². The maximum atomic E-state index is 12.3. The fraction of sp³-hybridized carbons (Fsp3) is 0.0588. The fourth-order valence-electron chi connectivity index (χ4n) is 2.19. The van der Waals surface area contributed by atoms with Crippen molar-refractivity contribution in [3.63, 3.8) is 0 Å². The maximum Gasteiger partial charge on any atom is 0.387 e. The molecule has 0 aliphatic carbocycles. The Hall–Kier alpha value is -2.93. The van der Waals surface area contributed by atoms with Gasteiger partial charge in [0.2, 0.25) is 0 Å². The highest BCUT2D eigenvalue weighted by Gasteiger charge is 2.15. The first-order valence-electron chi connectivity index (χ1n) is 7.02. The van der Waals surface area contributed by atoms with Crippen molar-refractivity contribution in [2.45, 2.75) is 6.61 Å². The van der Waals surface area contributed by atoms with E-state index in [9.17, 15) is 18.4 Å². The highest BCUT2D eigenvalue weighted by Crippen LogP contribution is 2.29. The van der Waals surface area contributed by atoms with Crippen molar-refractivity contribution in [3.05, 3.63) is 69.5 Å². The molecule has 0 radical (unpaired) electrons. The molecule has 8 heteroatoms. The fourth-order valence-corrected chi connectivity index (χ4v) is 2.41. The number of halogens is 3. The molecule has 2 aromatic carbocycles. The molecule has 0 bridgehead atoms. The minimum atomic E-state index is -3.01. The molecular formula is C17H10ClF2NO4. The van der Waals surface area contributed by atoms with Gasteiger partial charge in [-0.25, -0.2) is 4.79 Å². The number of anilines is 1. The molecule has 0 fully saturated rings. The van der Waals surface area contributed by atoms with Crippen LogP contribution in [0.25, 0.3) is 11.0 Å². The average Bonchev–Trinajstić information content (AvgIpc) is 2.56. The van der Waals surface area contributed by atoms with Gasteiger partial charge in [-0.2, -0.15) is 8.78 Å². The number of ether oxygens (including phenoxy) is 1. The summed E-state index contributed by atoms with van der Waals surface area (Å²) >= 11 is 5.82. The van der Waals surface area contributed by atoms with Crippen LogP contribution in [0.15, 0.2) is 57.7 Å². The second-order valence-corrected chi connectivity index (χ2v) is 5.37. The minimum Gasteiger partial charge on any atom is -0.433 e. The molecule has 1 N–H and O–H groups in total. The van der Waals surface area contributed by atoms with Crippen LogP contribution in [-0.4, -0.2) is 12.5 Å². The number of hydrogen-bond donors (Lipinski definition) is 1. The van der Waals surface area contributed by atoms with Crippen LogP contribution in [0, 0.1) is 0 Å². The van der Waals surface area contributed by atoms with E-state index in [0.717, 1.165) is 0 Å². The Bertz CT molecular complexity index is 1000. The molecule has 0 unspecified atom stereocenters. The summed E-state index contributed by atoms with van der Waals surface area (Å²) in [5.74, 6) is -0.932. The van der Waals surface area contributed by atoms with Crippen molar-refractivity contribution >= 4 is 34.2 Å². The topological polar surface area (TPSA) is 68.5 Å². The Morgan fingerprint density at radius 1 is 1.16 bits per heavy atom. The highest BCUT2D eigenvalue weighted by molar-refractivity contribution is 6.32. The van der Waals surface area contributed by atoms with Gasteiger partial charge in [0, 0.05) is 11.1 Å². The molecule has 0 saturated carbocycles. The van der Waals surface area contributed by atoms with Crippen molar-refractivity contribution in [2.75, 3.05) is 5.32 Å². The first-order chi connectivity index (χ1) is 11.9. The van der Waals surface area contributed by atoms with Crippen molar-refractivity contribution in [1.29, 1.82) is 0 Å². The summed E-state index contributed by atoms with van der Waals surface area (Å²) < 4.78 is 33.7. The van der Waals surface area contributed by atoms with Gasteiger partial charge in [-0.15, -0.1) is 0 Å². The normalized spacial score (nSPS) is 10.9. The number of nitrogens with one attached hydrogen (secondary N) is 1. The molecule has 1 aromatic heterocycles. The van der Waals surface area contributed by atoms with E-state index in [1.807, 2.05) is 0 Å². The van der Waals surface area contributed by atoms with Gasteiger partial charge in [-0.1, -0.05) is 29.8 Å². The van der Waals surface area contributed by atoms with Gasteiger partial charge in [0.1, 0.15) is 16.9 Å². The van der Waals surface area contributed by atoms with E-state index < -0.39 is 18.1 Å². The number of alkyl halides is 2. The number of benzene rings is 2. The number of rotatable bonds is 4. The zero-order valence-corrected chi connectivity index (χ0v) is 13.2. The zero-order valence-electron chi connectivity index (χ0n) is 12.5. The van der Waals surface area contributed by atoms with Crippen LogP contribution >= 0.6 is 11.6 Å². The number of hydrogen-bond acceptors (Lipinski definition) is 4. The first-order valence-corrected chi connectivity index (χ1v) is 7.40. The van der Waals surface area contributed by atoms with E-state index in [1.165, 1.54) is 24.3 Å². The Morgan fingerprint density at radius 2 is 1.92 bits per heavy atom. The quantitative estimate of drug-likeness (QED) is 0.700. The highest BCUT2D eigenvalue weighted by atomic mass is 35.5. The molecule has 1 heterocycles. The monoisotopic (exact) mass is 365 g/mol. The summed E-state index contributed by atoms with van der Waals surface area (Å²) in [6, 6.07) is 11.9. The molecule has 5 nitrogen and oxygen atoms in total. The van der Waals surface area contributed by atoms with Crippen molar-refractivity contribution in [1.82, 2.24) is 0 Å². The van der Waals surface area contributed by atoms with Gasteiger partial charge in [-0.05, 0) is 30.3 Å². The van der Waals surface area contributed by atoms with Crippen molar-refractivity contribution < 1.29 is 22.7 Å². The lowest BCUT2D eigenvalue weighted by Gasteiger charge is -2.09. The summed E-state index contributed by atoms with van der Waals surface area (Å²) in [5.41, 5.74) is -0.410. The molecule has 1 amide bonds. The smallest absolute Gasteiger partial charge is 0.387 e. The number of fused-ring (bicyclic) bond motifs is 1. The Balaban J connectivity index is 1.86. The standard InChI is InChI=1S/C17H10ClF2NO4/c18-12-8-10(5-6-14(12)25-17(19)20)21-15(22)11-7-9-3-1-2-4-13(9)24-16(11)23/h1-8,17H,(H,21,22). The van der Waals surface area contributed by atoms with Gasteiger partial charge < -0.3 is 14.5 Å². The Morgan fingerprint density at radius 3 is 2.64 bits per heavy atom. The summed E-state index contributed by atoms with van der Waals surface area (Å²) in [7, 11) is 0. The Labute approximate surface area is 144 Å².